The van der Waals surface area contributed by atoms with Crippen molar-refractivity contribution < 1.29 is 4.42 Å². The summed E-state index contributed by atoms with van der Waals surface area (Å²) in [5.74, 6) is 0.993. The van der Waals surface area contributed by atoms with Gasteiger partial charge < -0.3 is 0 Å². The highest BCUT2D eigenvalue weighted by atomic mass is 16.3. The van der Waals surface area contributed by atoms with Crippen LogP contribution in [0.3, 0.4) is 0 Å². The lowest BCUT2D eigenvalue weighted by Gasteiger charge is -1.80. The Bertz CT molecular complexity index is 160. The summed E-state index contributed by atoms with van der Waals surface area (Å²) >= 11 is 0. The maximum atomic E-state index is 5.06. The Morgan fingerprint density at radius 2 is 2.12 bits per heavy atom. The lowest BCUT2D eigenvalue weighted by molar-refractivity contribution is 0.511. The molecule has 0 aromatic carbocycles. The second kappa shape index (κ2) is 1.95. The van der Waals surface area contributed by atoms with Gasteiger partial charge in [-0.1, -0.05) is 0 Å². The van der Waals surface area contributed by atoms with Crippen LogP contribution in [0.15, 0.2) is 22.8 Å². The first-order valence-electron chi connectivity index (χ1n) is 2.65. The van der Waals surface area contributed by atoms with E-state index in [4.69, 9.17) is 4.42 Å². The third-order valence-electron chi connectivity index (χ3n) is 1.22. The van der Waals surface area contributed by atoms with Crippen LogP contribution in [0.4, 0.5) is 0 Å². The van der Waals surface area contributed by atoms with Gasteiger partial charge in [-0.2, -0.15) is 0 Å². The van der Waals surface area contributed by atoms with Crippen molar-refractivity contribution in [1.29, 1.82) is 0 Å². The fourth-order valence-electron chi connectivity index (χ4n) is 0.535. The molecule has 1 heterocycles. The highest BCUT2D eigenvalue weighted by molar-refractivity contribution is 5.11. The van der Waals surface area contributed by atoms with Crippen LogP contribution in [0.1, 0.15) is 11.3 Å². The minimum Gasteiger partial charge on any atom is -0.221 e. The predicted octanol–water partition coefficient (Wildman–Crippen LogP) is 2.18. The van der Waals surface area contributed by atoms with Crippen molar-refractivity contribution in [2.75, 3.05) is 0 Å². The normalized spacial score (nSPS) is 9.25. The molecule has 0 unspecified atom stereocenters. The van der Waals surface area contributed by atoms with Crippen molar-refractivity contribution in [3.05, 3.63) is 29.7 Å². The molecule has 0 N–H and O–H groups in total. The van der Waals surface area contributed by atoms with Gasteiger partial charge in [0.15, 0.2) is 0 Å². The quantitative estimate of drug-likeness (QED) is 0.465. The Morgan fingerprint density at radius 3 is 2.50 bits per heavy atom. The van der Waals surface area contributed by atoms with E-state index in [1.54, 1.807) is 6.26 Å². The fourth-order valence-corrected chi connectivity index (χ4v) is 0.535. The maximum Gasteiger partial charge on any atom is 0.328 e. The van der Waals surface area contributed by atoms with E-state index >= 15 is 0 Å². The molecule has 0 aliphatic heterocycles. The molecule has 8 heavy (non-hydrogen) atoms. The van der Waals surface area contributed by atoms with E-state index in [1.165, 1.54) is 5.56 Å². The molecule has 0 saturated heterocycles. The second-order valence-corrected chi connectivity index (χ2v) is 1.85. The molecular formula is C7H9O+. The van der Waals surface area contributed by atoms with Gasteiger partial charge in [-0.3, -0.25) is 0 Å². The van der Waals surface area contributed by atoms with Crippen LogP contribution in [0, 0.1) is 13.8 Å². The Hall–Kier alpha value is -0.850. The lowest BCUT2D eigenvalue weighted by Crippen LogP contribution is -1.74. The van der Waals surface area contributed by atoms with Crippen molar-refractivity contribution in [1.82, 2.24) is 0 Å². The van der Waals surface area contributed by atoms with E-state index in [9.17, 15) is 0 Å². The van der Waals surface area contributed by atoms with Crippen molar-refractivity contribution >= 4 is 0 Å². The van der Waals surface area contributed by atoms with Gasteiger partial charge in [-0.05, 0) is 13.0 Å². The van der Waals surface area contributed by atoms with Crippen LogP contribution in [0.25, 0.3) is 0 Å². The SMILES string of the molecule is Cc1ccc[o+]c1C. The first-order valence-corrected chi connectivity index (χ1v) is 2.65. The molecule has 1 aromatic heterocycles. The van der Waals surface area contributed by atoms with Gasteiger partial charge in [0.05, 0.1) is 6.92 Å². The van der Waals surface area contributed by atoms with E-state index in [2.05, 4.69) is 0 Å². The lowest BCUT2D eigenvalue weighted by atomic mass is 10.3. The van der Waals surface area contributed by atoms with Gasteiger partial charge in [-0.25, -0.2) is 4.42 Å². The van der Waals surface area contributed by atoms with Crippen LogP contribution in [0.5, 0.6) is 0 Å². The molecule has 0 aliphatic carbocycles. The summed E-state index contributed by atoms with van der Waals surface area (Å²) in [5, 5.41) is 0. The topological polar surface area (TPSA) is 11.3 Å². The maximum absolute atomic E-state index is 5.06. The first-order chi connectivity index (χ1) is 3.80. The molecule has 42 valence electrons. The van der Waals surface area contributed by atoms with Gasteiger partial charge >= 0.3 is 12.0 Å². The minimum atomic E-state index is 0.993. The third-order valence-corrected chi connectivity index (χ3v) is 1.22. The summed E-state index contributed by atoms with van der Waals surface area (Å²) in [6.45, 7) is 3.98. The van der Waals surface area contributed by atoms with Gasteiger partial charge in [0.2, 0.25) is 0 Å². The zero-order chi connectivity index (χ0) is 5.98. The van der Waals surface area contributed by atoms with E-state index in [-0.39, 0.29) is 0 Å². The second-order valence-electron chi connectivity index (χ2n) is 1.85. The van der Waals surface area contributed by atoms with E-state index in [0.29, 0.717) is 0 Å². The zero-order valence-corrected chi connectivity index (χ0v) is 5.14. The number of hydrogen-bond acceptors (Lipinski definition) is 0. The predicted molar refractivity (Wildman–Crippen MR) is 32.6 cm³/mol. The average molecular weight is 109 g/mol. The van der Waals surface area contributed by atoms with Crippen molar-refractivity contribution in [3.63, 3.8) is 0 Å². The average Bonchev–Trinajstić information content (AvgIpc) is 1.77. The highest BCUT2D eigenvalue weighted by Crippen LogP contribution is 2.02. The summed E-state index contributed by atoms with van der Waals surface area (Å²) in [6.07, 6.45) is 1.68. The standard InChI is InChI=1S/C7H9O/c1-6-4-3-5-8-7(6)2/h3-5H,1-2H3/q+1. The van der Waals surface area contributed by atoms with Gasteiger partial charge in [0.1, 0.15) is 0 Å². The molecule has 0 amide bonds. The van der Waals surface area contributed by atoms with Crippen molar-refractivity contribution in [3.8, 4) is 0 Å². The third kappa shape index (κ3) is 0.861. The Morgan fingerprint density at radius 1 is 1.38 bits per heavy atom. The Balaban J connectivity index is 3.13. The largest absolute Gasteiger partial charge is 0.328 e. The van der Waals surface area contributed by atoms with Crippen LogP contribution in [0.2, 0.25) is 0 Å². The van der Waals surface area contributed by atoms with Crippen LogP contribution < -0.4 is 0 Å². The molecule has 1 nitrogen and oxygen atoms in total. The number of rotatable bonds is 0. The fraction of sp³-hybridized carbons (Fsp3) is 0.286. The van der Waals surface area contributed by atoms with E-state index in [0.717, 1.165) is 5.76 Å². The summed E-state index contributed by atoms with van der Waals surface area (Å²) in [4.78, 5) is 0. The van der Waals surface area contributed by atoms with Crippen molar-refractivity contribution in [2.24, 2.45) is 0 Å². The van der Waals surface area contributed by atoms with Crippen LogP contribution in [-0.2, 0) is 0 Å². The molecule has 1 rings (SSSR count). The molecular weight excluding hydrogens is 100 g/mol. The molecule has 0 atom stereocenters. The molecule has 0 fully saturated rings. The molecule has 0 spiro atoms. The smallest absolute Gasteiger partial charge is 0.221 e. The molecule has 0 saturated carbocycles. The van der Waals surface area contributed by atoms with E-state index < -0.39 is 0 Å². The van der Waals surface area contributed by atoms with Gasteiger partial charge in [0, 0.05) is 11.6 Å². The monoisotopic (exact) mass is 109 g/mol. The highest BCUT2D eigenvalue weighted by Gasteiger charge is 1.99. The number of hydrogen-bond donors (Lipinski definition) is 0. The Labute approximate surface area is 49.0 Å². The van der Waals surface area contributed by atoms with Gasteiger partial charge in [-0.15, -0.1) is 0 Å². The minimum absolute atomic E-state index is 0.993. The summed E-state index contributed by atoms with van der Waals surface area (Å²) < 4.78 is 5.06. The Kier molecular flexibility index (Phi) is 1.29. The molecule has 1 aromatic rings. The van der Waals surface area contributed by atoms with Crippen LogP contribution in [-0.4, -0.2) is 0 Å². The number of aryl methyl sites for hydroxylation is 2. The van der Waals surface area contributed by atoms with E-state index in [1.807, 2.05) is 26.0 Å². The first kappa shape index (κ1) is 5.29. The summed E-state index contributed by atoms with van der Waals surface area (Å²) in [6, 6.07) is 3.92. The van der Waals surface area contributed by atoms with Crippen molar-refractivity contribution in [2.45, 2.75) is 13.8 Å². The van der Waals surface area contributed by atoms with Crippen LogP contribution >= 0.6 is 0 Å². The zero-order valence-electron chi connectivity index (χ0n) is 5.14. The van der Waals surface area contributed by atoms with Gasteiger partial charge in [0.25, 0.3) is 0 Å². The molecule has 0 aliphatic rings. The molecule has 1 heteroatoms. The molecule has 0 bridgehead atoms. The summed E-state index contributed by atoms with van der Waals surface area (Å²) in [7, 11) is 0. The summed E-state index contributed by atoms with van der Waals surface area (Å²) in [5.41, 5.74) is 1.20. The molecule has 0 radical (unpaired) electrons.